The van der Waals surface area contributed by atoms with E-state index in [0.717, 1.165) is 57.8 Å². The van der Waals surface area contributed by atoms with Crippen LogP contribution >= 0.6 is 0 Å². The molecule has 0 heterocycles. The van der Waals surface area contributed by atoms with Gasteiger partial charge in [0.2, 0.25) is 0 Å². The number of carbonyl (C=O) groups is 2. The van der Waals surface area contributed by atoms with Crippen LogP contribution in [-0.2, 0) is 19.1 Å². The predicted molar refractivity (Wildman–Crippen MR) is 178 cm³/mol. The molecule has 244 valence electrons. The summed E-state index contributed by atoms with van der Waals surface area (Å²) in [5.41, 5.74) is 0. The molecule has 5 heteroatoms. The van der Waals surface area contributed by atoms with Crippen molar-refractivity contribution in [3.63, 3.8) is 0 Å². The average Bonchev–Trinajstić information content (AvgIpc) is 2.99. The molecule has 5 nitrogen and oxygen atoms in total. The normalized spacial score (nSPS) is 12.5. The summed E-state index contributed by atoms with van der Waals surface area (Å²) in [6, 6.07) is 0. The van der Waals surface area contributed by atoms with Gasteiger partial charge in [-0.1, -0.05) is 121 Å². The quantitative estimate of drug-likeness (QED) is 0.0494. The molecule has 0 amide bonds. The predicted octanol–water partition coefficient (Wildman–Crippen LogP) is 10.5. The van der Waals surface area contributed by atoms with Crippen LogP contribution in [0.5, 0.6) is 0 Å². The smallest absolute Gasteiger partial charge is 0.306 e. The first kappa shape index (κ1) is 40.1. The van der Waals surface area contributed by atoms with Crippen LogP contribution in [0.15, 0.2) is 36.5 Å². The average molecular weight is 591 g/mol. The highest BCUT2D eigenvalue weighted by molar-refractivity contribution is 5.70. The molecule has 0 fully saturated rings. The van der Waals surface area contributed by atoms with E-state index in [1.165, 1.54) is 83.5 Å². The molecule has 0 radical (unpaired) electrons. The number of hydrogen-bond acceptors (Lipinski definition) is 5. The lowest BCUT2D eigenvalue weighted by atomic mass is 10.1. The number of hydrogen-bond donors (Lipinski definition) is 1. The number of rotatable bonds is 31. The van der Waals surface area contributed by atoms with Gasteiger partial charge in [0, 0.05) is 12.8 Å². The molecule has 0 aliphatic heterocycles. The van der Waals surface area contributed by atoms with E-state index in [1.54, 1.807) is 0 Å². The van der Waals surface area contributed by atoms with Crippen LogP contribution in [0.3, 0.4) is 0 Å². The van der Waals surface area contributed by atoms with Gasteiger partial charge in [0.15, 0.2) is 6.10 Å². The Hall–Kier alpha value is -1.88. The van der Waals surface area contributed by atoms with Crippen molar-refractivity contribution in [1.29, 1.82) is 0 Å². The molecule has 0 aromatic carbocycles. The number of aliphatic hydroxyl groups is 1. The highest BCUT2D eigenvalue weighted by Crippen LogP contribution is 2.11. The third-order valence-corrected chi connectivity index (χ3v) is 7.41. The molecular formula is C37H66O5. The maximum absolute atomic E-state index is 12.1. The van der Waals surface area contributed by atoms with Gasteiger partial charge in [0.1, 0.15) is 6.61 Å². The molecule has 0 saturated carbocycles. The summed E-state index contributed by atoms with van der Waals surface area (Å²) in [5, 5.41) is 9.51. The standard InChI is InChI=1S/C37H66O5/c1-3-5-7-9-11-13-15-17-18-20-21-23-25-27-29-31-36(39)41-34-35(33-38)42-37(40)32-30-28-26-24-22-19-16-14-12-10-8-6-4-2/h11,13-14,16-18,35,38H,3-10,12,15,19-34H2,1-2H3. The van der Waals surface area contributed by atoms with Crippen molar-refractivity contribution in [3.8, 4) is 0 Å². The summed E-state index contributed by atoms with van der Waals surface area (Å²) < 4.78 is 10.5. The zero-order valence-electron chi connectivity index (χ0n) is 27.5. The highest BCUT2D eigenvalue weighted by Gasteiger charge is 2.16. The number of allylic oxidation sites excluding steroid dienone is 6. The molecule has 0 aliphatic carbocycles. The van der Waals surface area contributed by atoms with Crippen LogP contribution in [0.1, 0.15) is 168 Å². The first-order chi connectivity index (χ1) is 20.6. The molecule has 1 unspecified atom stereocenters. The van der Waals surface area contributed by atoms with Crippen LogP contribution < -0.4 is 0 Å². The molecule has 0 rings (SSSR count). The Morgan fingerprint density at radius 3 is 1.48 bits per heavy atom. The number of unbranched alkanes of at least 4 members (excludes halogenated alkanes) is 17. The Balaban J connectivity index is 3.62. The molecule has 0 aromatic rings. The van der Waals surface area contributed by atoms with Crippen LogP contribution in [0, 0.1) is 0 Å². The van der Waals surface area contributed by atoms with Crippen molar-refractivity contribution < 1.29 is 24.2 Å². The van der Waals surface area contributed by atoms with Crippen molar-refractivity contribution in [3.05, 3.63) is 36.5 Å². The van der Waals surface area contributed by atoms with Crippen molar-refractivity contribution in [2.24, 2.45) is 0 Å². The largest absolute Gasteiger partial charge is 0.462 e. The van der Waals surface area contributed by atoms with E-state index >= 15 is 0 Å². The Morgan fingerprint density at radius 2 is 0.952 bits per heavy atom. The lowest BCUT2D eigenvalue weighted by Gasteiger charge is -2.15. The van der Waals surface area contributed by atoms with Gasteiger partial charge in [0.25, 0.3) is 0 Å². The van der Waals surface area contributed by atoms with Crippen molar-refractivity contribution in [2.75, 3.05) is 13.2 Å². The van der Waals surface area contributed by atoms with E-state index < -0.39 is 6.10 Å². The second-order valence-corrected chi connectivity index (χ2v) is 11.6. The fraction of sp³-hybridized carbons (Fsp3) is 0.784. The van der Waals surface area contributed by atoms with E-state index in [0.29, 0.717) is 12.8 Å². The lowest BCUT2D eigenvalue weighted by Crippen LogP contribution is -2.28. The van der Waals surface area contributed by atoms with Crippen LogP contribution in [0.25, 0.3) is 0 Å². The minimum Gasteiger partial charge on any atom is -0.462 e. The van der Waals surface area contributed by atoms with Crippen LogP contribution in [-0.4, -0.2) is 36.4 Å². The van der Waals surface area contributed by atoms with Gasteiger partial charge >= 0.3 is 11.9 Å². The molecule has 0 aliphatic rings. The van der Waals surface area contributed by atoms with Gasteiger partial charge in [-0.3, -0.25) is 9.59 Å². The summed E-state index contributed by atoms with van der Waals surface area (Å²) in [5.74, 6) is -0.619. The van der Waals surface area contributed by atoms with Gasteiger partial charge in [0.05, 0.1) is 6.61 Å². The Kier molecular flexibility index (Phi) is 32.1. The van der Waals surface area contributed by atoms with E-state index in [9.17, 15) is 14.7 Å². The highest BCUT2D eigenvalue weighted by atomic mass is 16.6. The second-order valence-electron chi connectivity index (χ2n) is 11.6. The fourth-order valence-electron chi connectivity index (χ4n) is 4.69. The van der Waals surface area contributed by atoms with E-state index in [2.05, 4.69) is 50.3 Å². The van der Waals surface area contributed by atoms with Gasteiger partial charge < -0.3 is 14.6 Å². The Labute approximate surface area is 259 Å². The van der Waals surface area contributed by atoms with E-state index in [-0.39, 0.29) is 25.2 Å². The van der Waals surface area contributed by atoms with Crippen molar-refractivity contribution >= 4 is 11.9 Å². The summed E-state index contributed by atoms with van der Waals surface area (Å²) in [4.78, 5) is 24.1. The summed E-state index contributed by atoms with van der Waals surface area (Å²) in [6.45, 7) is 4.06. The molecular weight excluding hydrogens is 524 g/mol. The molecule has 0 bridgehead atoms. The Morgan fingerprint density at radius 1 is 0.548 bits per heavy atom. The van der Waals surface area contributed by atoms with Gasteiger partial charge in [-0.25, -0.2) is 0 Å². The second kappa shape index (κ2) is 33.6. The van der Waals surface area contributed by atoms with E-state index in [4.69, 9.17) is 9.47 Å². The SMILES string of the molecule is CCCCCC=CCC=CCCCCCCCC(=O)OCC(CO)OC(=O)CCCCCCCC=CCCCCCC. The first-order valence-corrected chi connectivity index (χ1v) is 17.5. The minimum atomic E-state index is -0.778. The topological polar surface area (TPSA) is 72.8 Å². The maximum Gasteiger partial charge on any atom is 0.306 e. The zero-order valence-corrected chi connectivity index (χ0v) is 27.5. The number of aliphatic hydroxyl groups excluding tert-OH is 1. The molecule has 42 heavy (non-hydrogen) atoms. The summed E-state index contributed by atoms with van der Waals surface area (Å²) in [6.07, 6.45) is 39.0. The maximum atomic E-state index is 12.1. The first-order valence-electron chi connectivity index (χ1n) is 17.5. The van der Waals surface area contributed by atoms with Crippen LogP contribution in [0.4, 0.5) is 0 Å². The molecule has 0 saturated heterocycles. The molecule has 0 aromatic heterocycles. The Bertz CT molecular complexity index is 682. The monoisotopic (exact) mass is 590 g/mol. The van der Waals surface area contributed by atoms with Crippen molar-refractivity contribution in [2.45, 2.75) is 174 Å². The van der Waals surface area contributed by atoms with Crippen LogP contribution in [0.2, 0.25) is 0 Å². The lowest BCUT2D eigenvalue weighted by molar-refractivity contribution is -0.161. The minimum absolute atomic E-state index is 0.0759. The number of carbonyl (C=O) groups excluding carboxylic acids is 2. The summed E-state index contributed by atoms with van der Waals surface area (Å²) >= 11 is 0. The molecule has 1 atom stereocenters. The van der Waals surface area contributed by atoms with Gasteiger partial charge in [-0.15, -0.1) is 0 Å². The third-order valence-electron chi connectivity index (χ3n) is 7.41. The van der Waals surface area contributed by atoms with Crippen molar-refractivity contribution in [1.82, 2.24) is 0 Å². The number of esters is 2. The summed E-state index contributed by atoms with van der Waals surface area (Å²) in [7, 11) is 0. The number of ether oxygens (including phenoxy) is 2. The fourth-order valence-corrected chi connectivity index (χ4v) is 4.69. The molecule has 1 N–H and O–H groups in total. The van der Waals surface area contributed by atoms with E-state index in [1.807, 2.05) is 0 Å². The van der Waals surface area contributed by atoms with Gasteiger partial charge in [-0.2, -0.15) is 0 Å². The van der Waals surface area contributed by atoms with Gasteiger partial charge in [-0.05, 0) is 70.6 Å². The third kappa shape index (κ3) is 31.1. The molecule has 0 spiro atoms. The zero-order chi connectivity index (χ0) is 30.8.